The van der Waals surface area contributed by atoms with Crippen LogP contribution in [-0.2, 0) is 11.3 Å². The summed E-state index contributed by atoms with van der Waals surface area (Å²) in [6, 6.07) is 5.60. The third-order valence-corrected chi connectivity index (χ3v) is 3.70. The van der Waals surface area contributed by atoms with E-state index >= 15 is 0 Å². The number of carbonyl (C=O) groups excluding carboxylic acids is 1. The summed E-state index contributed by atoms with van der Waals surface area (Å²) in [5.74, 6) is 0.622. The lowest BCUT2D eigenvalue weighted by atomic mass is 10.0. The van der Waals surface area contributed by atoms with E-state index in [1.807, 2.05) is 32.0 Å². The van der Waals surface area contributed by atoms with Gasteiger partial charge in [-0.1, -0.05) is 22.9 Å². The number of hydrogen-bond donors (Lipinski definition) is 1. The Kier molecular flexibility index (Phi) is 5.82. The second-order valence-corrected chi connectivity index (χ2v) is 5.71. The van der Waals surface area contributed by atoms with Gasteiger partial charge in [0, 0.05) is 29.7 Å². The number of halogens is 1. The van der Waals surface area contributed by atoms with Crippen molar-refractivity contribution < 1.29 is 9.53 Å². The van der Waals surface area contributed by atoms with Gasteiger partial charge < -0.3 is 15.4 Å². The second kappa shape index (κ2) is 6.91. The van der Waals surface area contributed by atoms with Crippen LogP contribution in [0.1, 0.15) is 19.4 Å². The fourth-order valence-electron chi connectivity index (χ4n) is 1.78. The van der Waals surface area contributed by atoms with Crippen molar-refractivity contribution in [2.75, 3.05) is 14.2 Å². The van der Waals surface area contributed by atoms with Gasteiger partial charge >= 0.3 is 0 Å². The third-order valence-electron chi connectivity index (χ3n) is 3.20. The van der Waals surface area contributed by atoms with Gasteiger partial charge in [-0.2, -0.15) is 0 Å². The average molecular weight is 329 g/mol. The first-order chi connectivity index (χ1) is 8.86. The summed E-state index contributed by atoms with van der Waals surface area (Å²) in [5.41, 5.74) is 6.73. The molecule has 0 saturated carbocycles. The van der Waals surface area contributed by atoms with Crippen LogP contribution in [0, 0.1) is 5.92 Å². The van der Waals surface area contributed by atoms with Crippen molar-refractivity contribution in [2.24, 2.45) is 11.7 Å². The van der Waals surface area contributed by atoms with Crippen molar-refractivity contribution in [2.45, 2.75) is 26.4 Å². The van der Waals surface area contributed by atoms with Gasteiger partial charge in [-0.05, 0) is 25.1 Å². The fraction of sp³-hybridized carbons (Fsp3) is 0.500. The van der Waals surface area contributed by atoms with Crippen LogP contribution in [0.5, 0.6) is 5.75 Å². The van der Waals surface area contributed by atoms with Crippen LogP contribution >= 0.6 is 15.9 Å². The number of benzene rings is 1. The molecule has 1 aromatic rings. The molecule has 2 atom stereocenters. The number of rotatable bonds is 5. The molecule has 1 aromatic carbocycles. The van der Waals surface area contributed by atoms with Crippen LogP contribution in [0.2, 0.25) is 0 Å². The highest BCUT2D eigenvalue weighted by Crippen LogP contribution is 2.24. The first kappa shape index (κ1) is 16.0. The molecule has 0 fully saturated rings. The normalized spacial score (nSPS) is 13.8. The van der Waals surface area contributed by atoms with E-state index in [1.54, 1.807) is 19.1 Å². The fourth-order valence-corrected chi connectivity index (χ4v) is 2.19. The van der Waals surface area contributed by atoms with Crippen molar-refractivity contribution in [3.63, 3.8) is 0 Å². The Morgan fingerprint density at radius 1 is 1.47 bits per heavy atom. The average Bonchev–Trinajstić information content (AvgIpc) is 2.37. The van der Waals surface area contributed by atoms with E-state index in [0.29, 0.717) is 6.54 Å². The van der Waals surface area contributed by atoms with Crippen LogP contribution in [0.3, 0.4) is 0 Å². The predicted molar refractivity (Wildman–Crippen MR) is 80.0 cm³/mol. The molecule has 0 aromatic heterocycles. The lowest BCUT2D eigenvalue weighted by Gasteiger charge is -2.24. The van der Waals surface area contributed by atoms with Crippen molar-refractivity contribution in [3.05, 3.63) is 28.2 Å². The highest BCUT2D eigenvalue weighted by Gasteiger charge is 2.21. The molecule has 106 valence electrons. The molecule has 0 radical (unpaired) electrons. The van der Waals surface area contributed by atoms with Crippen LogP contribution in [-0.4, -0.2) is 31.0 Å². The standard InChI is InChI=1S/C14H21BrN2O2/c1-9(10(2)16)14(18)17(3)8-11-7-12(15)5-6-13(11)19-4/h5-7,9-10H,8,16H2,1-4H3. The zero-order valence-corrected chi connectivity index (χ0v) is 13.4. The van der Waals surface area contributed by atoms with Crippen molar-refractivity contribution in [1.82, 2.24) is 4.90 Å². The maximum atomic E-state index is 12.2. The summed E-state index contributed by atoms with van der Waals surface area (Å²) in [7, 11) is 3.40. The van der Waals surface area contributed by atoms with E-state index in [-0.39, 0.29) is 17.9 Å². The molecule has 1 rings (SSSR count). The lowest BCUT2D eigenvalue weighted by Crippen LogP contribution is -2.39. The van der Waals surface area contributed by atoms with E-state index in [9.17, 15) is 4.79 Å². The monoisotopic (exact) mass is 328 g/mol. The summed E-state index contributed by atoms with van der Waals surface area (Å²) >= 11 is 3.43. The van der Waals surface area contributed by atoms with Crippen molar-refractivity contribution in [1.29, 1.82) is 0 Å². The highest BCUT2D eigenvalue weighted by atomic mass is 79.9. The molecule has 0 aliphatic heterocycles. The molecular weight excluding hydrogens is 308 g/mol. The van der Waals surface area contributed by atoms with Crippen molar-refractivity contribution in [3.8, 4) is 5.75 Å². The van der Waals surface area contributed by atoms with Gasteiger partial charge in [-0.25, -0.2) is 0 Å². The topological polar surface area (TPSA) is 55.6 Å². The summed E-state index contributed by atoms with van der Waals surface area (Å²) in [4.78, 5) is 13.8. The Bertz CT molecular complexity index is 449. The van der Waals surface area contributed by atoms with E-state index in [1.165, 1.54) is 0 Å². The molecule has 2 unspecified atom stereocenters. The van der Waals surface area contributed by atoms with Crippen LogP contribution < -0.4 is 10.5 Å². The molecule has 5 heteroatoms. The number of ether oxygens (including phenoxy) is 1. The number of carbonyl (C=O) groups is 1. The Morgan fingerprint density at radius 2 is 2.11 bits per heavy atom. The molecule has 0 saturated heterocycles. The Balaban J connectivity index is 2.84. The molecule has 2 N–H and O–H groups in total. The van der Waals surface area contributed by atoms with Gasteiger partial charge in [-0.15, -0.1) is 0 Å². The molecule has 0 spiro atoms. The van der Waals surface area contributed by atoms with Crippen LogP contribution in [0.15, 0.2) is 22.7 Å². The van der Waals surface area contributed by atoms with Gasteiger partial charge in [-0.3, -0.25) is 4.79 Å². The number of nitrogens with zero attached hydrogens (tertiary/aromatic N) is 1. The van der Waals surface area contributed by atoms with Crippen molar-refractivity contribution >= 4 is 21.8 Å². The van der Waals surface area contributed by atoms with Crippen LogP contribution in [0.25, 0.3) is 0 Å². The third kappa shape index (κ3) is 4.21. The maximum Gasteiger partial charge on any atom is 0.226 e. The quantitative estimate of drug-likeness (QED) is 0.902. The van der Waals surface area contributed by atoms with E-state index in [2.05, 4.69) is 15.9 Å². The Labute approximate surface area is 123 Å². The van der Waals surface area contributed by atoms with E-state index < -0.39 is 0 Å². The molecule has 0 heterocycles. The minimum atomic E-state index is -0.192. The van der Waals surface area contributed by atoms with Gasteiger partial charge in [0.2, 0.25) is 5.91 Å². The lowest BCUT2D eigenvalue weighted by molar-refractivity contribution is -0.134. The first-order valence-corrected chi connectivity index (χ1v) is 6.99. The summed E-state index contributed by atoms with van der Waals surface area (Å²) < 4.78 is 6.27. The predicted octanol–water partition coefficient (Wildman–Crippen LogP) is 2.40. The number of methoxy groups -OCH3 is 1. The SMILES string of the molecule is COc1ccc(Br)cc1CN(C)C(=O)C(C)C(C)N. The first-order valence-electron chi connectivity index (χ1n) is 6.19. The number of nitrogens with two attached hydrogens (primary N) is 1. The maximum absolute atomic E-state index is 12.2. The van der Waals surface area contributed by atoms with Gasteiger partial charge in [0.15, 0.2) is 0 Å². The summed E-state index contributed by atoms with van der Waals surface area (Å²) in [5, 5.41) is 0. The highest BCUT2D eigenvalue weighted by molar-refractivity contribution is 9.10. The minimum Gasteiger partial charge on any atom is -0.496 e. The molecule has 0 aliphatic carbocycles. The molecule has 0 bridgehead atoms. The van der Waals surface area contributed by atoms with Crippen LogP contribution in [0.4, 0.5) is 0 Å². The second-order valence-electron chi connectivity index (χ2n) is 4.80. The van der Waals surface area contributed by atoms with E-state index in [0.717, 1.165) is 15.8 Å². The summed E-state index contributed by atoms with van der Waals surface area (Å²) in [6.45, 7) is 4.19. The molecule has 4 nitrogen and oxygen atoms in total. The Hall–Kier alpha value is -1.07. The van der Waals surface area contributed by atoms with Gasteiger partial charge in [0.1, 0.15) is 5.75 Å². The smallest absolute Gasteiger partial charge is 0.226 e. The largest absolute Gasteiger partial charge is 0.496 e. The summed E-state index contributed by atoms with van der Waals surface area (Å²) in [6.07, 6.45) is 0. The van der Waals surface area contributed by atoms with Gasteiger partial charge in [0.25, 0.3) is 0 Å². The molecule has 0 aliphatic rings. The number of hydrogen-bond acceptors (Lipinski definition) is 3. The number of amides is 1. The zero-order chi connectivity index (χ0) is 14.6. The molecule has 19 heavy (non-hydrogen) atoms. The Morgan fingerprint density at radius 3 is 2.63 bits per heavy atom. The van der Waals surface area contributed by atoms with Gasteiger partial charge in [0.05, 0.1) is 13.0 Å². The van der Waals surface area contributed by atoms with E-state index in [4.69, 9.17) is 10.5 Å². The molecular formula is C14H21BrN2O2. The zero-order valence-electron chi connectivity index (χ0n) is 11.8. The molecule has 1 amide bonds. The minimum absolute atomic E-state index is 0.0389.